The molecule has 0 saturated carbocycles. The summed E-state index contributed by atoms with van der Waals surface area (Å²) in [4.78, 5) is 16.8. The van der Waals surface area contributed by atoms with Crippen LogP contribution < -0.4 is 4.74 Å². The van der Waals surface area contributed by atoms with E-state index >= 15 is 0 Å². The van der Waals surface area contributed by atoms with Crippen molar-refractivity contribution in [2.45, 2.75) is 13.5 Å². The molecule has 0 amide bonds. The van der Waals surface area contributed by atoms with Gasteiger partial charge in [0.15, 0.2) is 5.78 Å². The predicted molar refractivity (Wildman–Crippen MR) is 97.4 cm³/mol. The number of benzene rings is 2. The number of thiazole rings is 1. The van der Waals surface area contributed by atoms with Crippen LogP contribution in [0.4, 0.5) is 0 Å². The molecule has 0 aliphatic carbocycles. The average molecular weight is 335 g/mol. The highest BCUT2D eigenvalue weighted by Gasteiger charge is 2.09. The van der Waals surface area contributed by atoms with E-state index < -0.39 is 0 Å². The molecular formula is C20H17NO2S. The smallest absolute Gasteiger partial charge is 0.189 e. The topological polar surface area (TPSA) is 39.2 Å². The fourth-order valence-electron chi connectivity index (χ4n) is 2.24. The number of para-hydroxylation sites is 1. The van der Waals surface area contributed by atoms with Crippen LogP contribution in [0.25, 0.3) is 6.08 Å². The van der Waals surface area contributed by atoms with Gasteiger partial charge in [0.1, 0.15) is 12.4 Å². The molecule has 120 valence electrons. The number of rotatable bonds is 6. The lowest BCUT2D eigenvalue weighted by molar-refractivity contribution is 0.104. The van der Waals surface area contributed by atoms with E-state index in [4.69, 9.17) is 4.74 Å². The number of allylic oxidation sites excluding steroid dienone is 1. The highest BCUT2D eigenvalue weighted by atomic mass is 32.1. The number of carbonyl (C=O) groups is 1. The van der Waals surface area contributed by atoms with Gasteiger partial charge in [-0.25, -0.2) is 4.98 Å². The van der Waals surface area contributed by atoms with E-state index in [1.807, 2.05) is 60.8 Å². The zero-order chi connectivity index (χ0) is 16.8. The van der Waals surface area contributed by atoms with E-state index in [-0.39, 0.29) is 5.78 Å². The summed E-state index contributed by atoms with van der Waals surface area (Å²) >= 11 is 1.56. The molecule has 1 aromatic heterocycles. The van der Waals surface area contributed by atoms with Crippen LogP contribution >= 0.6 is 11.3 Å². The summed E-state index contributed by atoms with van der Waals surface area (Å²) in [5.74, 6) is 0.495. The van der Waals surface area contributed by atoms with Crippen LogP contribution in [0, 0.1) is 6.92 Å². The van der Waals surface area contributed by atoms with Crippen LogP contribution in [0.2, 0.25) is 0 Å². The Morgan fingerprint density at radius 1 is 1.12 bits per heavy atom. The number of hydrogen-bond donors (Lipinski definition) is 0. The van der Waals surface area contributed by atoms with Crippen LogP contribution in [-0.2, 0) is 6.61 Å². The maximum atomic E-state index is 12.5. The number of aromatic nitrogens is 1. The first-order valence-electron chi connectivity index (χ1n) is 7.62. The van der Waals surface area contributed by atoms with Crippen molar-refractivity contribution in [2.24, 2.45) is 0 Å². The summed E-state index contributed by atoms with van der Waals surface area (Å²) in [6.45, 7) is 2.37. The van der Waals surface area contributed by atoms with Crippen LogP contribution in [0.3, 0.4) is 0 Å². The van der Waals surface area contributed by atoms with Crippen LogP contribution in [0.15, 0.2) is 66.1 Å². The third-order valence-electron chi connectivity index (χ3n) is 3.43. The largest absolute Gasteiger partial charge is 0.488 e. The second kappa shape index (κ2) is 7.70. The second-order valence-corrected chi connectivity index (χ2v) is 6.32. The molecule has 0 radical (unpaired) electrons. The van der Waals surface area contributed by atoms with Gasteiger partial charge in [0.25, 0.3) is 0 Å². The molecule has 0 unspecified atom stereocenters. The molecule has 0 aliphatic heterocycles. The molecule has 0 fully saturated rings. The van der Waals surface area contributed by atoms with Crippen molar-refractivity contribution < 1.29 is 9.53 Å². The summed E-state index contributed by atoms with van der Waals surface area (Å²) in [7, 11) is 0. The lowest BCUT2D eigenvalue weighted by Crippen LogP contribution is -2.02. The van der Waals surface area contributed by atoms with Gasteiger partial charge >= 0.3 is 0 Å². The van der Waals surface area contributed by atoms with Gasteiger partial charge in [-0.2, -0.15) is 0 Å². The molecule has 1 heterocycles. The number of ketones is 1. The molecule has 24 heavy (non-hydrogen) atoms. The lowest BCUT2D eigenvalue weighted by atomic mass is 10.1. The third kappa shape index (κ3) is 4.18. The molecule has 0 bridgehead atoms. The number of nitrogens with zero attached hydrogens (tertiary/aromatic N) is 1. The normalized spacial score (nSPS) is 10.9. The molecule has 3 rings (SSSR count). The van der Waals surface area contributed by atoms with Crippen molar-refractivity contribution in [1.82, 2.24) is 4.98 Å². The van der Waals surface area contributed by atoms with Gasteiger partial charge in [-0.05, 0) is 36.8 Å². The highest BCUT2D eigenvalue weighted by Crippen LogP contribution is 2.21. The summed E-state index contributed by atoms with van der Waals surface area (Å²) in [6, 6.07) is 17.2. The van der Waals surface area contributed by atoms with Gasteiger partial charge in [-0.1, -0.05) is 42.5 Å². The molecule has 4 heteroatoms. The first-order valence-corrected chi connectivity index (χ1v) is 8.50. The average Bonchev–Trinajstić information content (AvgIpc) is 3.04. The molecule has 3 nitrogen and oxygen atoms in total. The Balaban J connectivity index is 1.73. The summed E-state index contributed by atoms with van der Waals surface area (Å²) in [5, 5.41) is 2.91. The van der Waals surface area contributed by atoms with E-state index in [0.717, 1.165) is 16.3 Å². The number of carbonyl (C=O) groups excluding carboxylic acids is 1. The third-order valence-corrected chi connectivity index (χ3v) is 4.22. The summed E-state index contributed by atoms with van der Waals surface area (Å²) in [6.07, 6.45) is 3.28. The zero-order valence-corrected chi connectivity index (χ0v) is 14.1. The molecule has 0 N–H and O–H groups in total. The van der Waals surface area contributed by atoms with Crippen molar-refractivity contribution in [3.63, 3.8) is 0 Å². The molecule has 3 aromatic rings. The fourth-order valence-corrected chi connectivity index (χ4v) is 2.82. The standard InChI is InChI=1S/C20H17NO2S/c1-15-21-17(14-24-15)11-12-19(22)18-9-5-6-10-20(18)23-13-16-7-3-2-4-8-16/h2-12,14H,13H2,1H3. The summed E-state index contributed by atoms with van der Waals surface area (Å²) in [5.41, 5.74) is 2.42. The van der Waals surface area contributed by atoms with Gasteiger partial charge in [-0.3, -0.25) is 4.79 Å². The Labute approximate surface area is 145 Å². The second-order valence-electron chi connectivity index (χ2n) is 5.26. The minimum Gasteiger partial charge on any atom is -0.488 e. The summed E-state index contributed by atoms with van der Waals surface area (Å²) < 4.78 is 5.83. The molecule has 0 atom stereocenters. The quantitative estimate of drug-likeness (QED) is 0.474. The van der Waals surface area contributed by atoms with E-state index in [0.29, 0.717) is 17.9 Å². The Hall–Kier alpha value is -2.72. The molecule has 0 aliphatic rings. The van der Waals surface area contributed by atoms with Crippen LogP contribution in [0.5, 0.6) is 5.75 Å². The lowest BCUT2D eigenvalue weighted by Gasteiger charge is -2.09. The van der Waals surface area contributed by atoms with E-state index in [1.54, 1.807) is 29.6 Å². The Bertz CT molecular complexity index is 853. The van der Waals surface area contributed by atoms with Gasteiger partial charge in [0.2, 0.25) is 0 Å². The fraction of sp³-hybridized carbons (Fsp3) is 0.100. The van der Waals surface area contributed by atoms with E-state index in [2.05, 4.69) is 4.98 Å². The first-order chi connectivity index (χ1) is 11.7. The predicted octanol–water partition coefficient (Wildman–Crippen LogP) is 4.93. The minimum absolute atomic E-state index is 0.0932. The first kappa shape index (κ1) is 16.1. The van der Waals surface area contributed by atoms with E-state index in [9.17, 15) is 4.79 Å². The Morgan fingerprint density at radius 3 is 2.62 bits per heavy atom. The Morgan fingerprint density at radius 2 is 1.88 bits per heavy atom. The number of hydrogen-bond acceptors (Lipinski definition) is 4. The molecular weight excluding hydrogens is 318 g/mol. The zero-order valence-electron chi connectivity index (χ0n) is 13.3. The maximum absolute atomic E-state index is 12.5. The van der Waals surface area contributed by atoms with Crippen LogP contribution in [0.1, 0.15) is 26.6 Å². The van der Waals surface area contributed by atoms with Gasteiger partial charge < -0.3 is 4.74 Å². The number of ether oxygens (including phenoxy) is 1. The number of aryl methyl sites for hydroxylation is 1. The van der Waals surface area contributed by atoms with Crippen molar-refractivity contribution in [3.8, 4) is 5.75 Å². The SMILES string of the molecule is Cc1nc(C=CC(=O)c2ccccc2OCc2ccccc2)cs1. The van der Waals surface area contributed by atoms with Gasteiger partial charge in [0.05, 0.1) is 16.3 Å². The van der Waals surface area contributed by atoms with E-state index in [1.165, 1.54) is 0 Å². The van der Waals surface area contributed by atoms with Crippen molar-refractivity contribution in [2.75, 3.05) is 0 Å². The van der Waals surface area contributed by atoms with Crippen molar-refractivity contribution >= 4 is 23.2 Å². The minimum atomic E-state index is -0.0932. The molecule has 0 spiro atoms. The van der Waals surface area contributed by atoms with Crippen molar-refractivity contribution in [3.05, 3.63) is 87.9 Å². The monoisotopic (exact) mass is 335 g/mol. The van der Waals surface area contributed by atoms with Gasteiger partial charge in [0, 0.05) is 5.38 Å². The highest BCUT2D eigenvalue weighted by molar-refractivity contribution is 7.09. The molecule has 2 aromatic carbocycles. The van der Waals surface area contributed by atoms with Crippen LogP contribution in [-0.4, -0.2) is 10.8 Å². The van der Waals surface area contributed by atoms with Crippen molar-refractivity contribution in [1.29, 1.82) is 0 Å². The Kier molecular flexibility index (Phi) is 5.18. The van der Waals surface area contributed by atoms with Gasteiger partial charge in [-0.15, -0.1) is 11.3 Å². The molecule has 0 saturated heterocycles. The maximum Gasteiger partial charge on any atom is 0.189 e.